The van der Waals surface area contributed by atoms with Crippen LogP contribution >= 0.6 is 22.9 Å². The molecule has 0 atom stereocenters. The summed E-state index contributed by atoms with van der Waals surface area (Å²) in [5, 5.41) is 7.19. The number of halogens is 1. The first-order valence-electron chi connectivity index (χ1n) is 6.85. The zero-order valence-electron chi connectivity index (χ0n) is 11.8. The Morgan fingerprint density at radius 2 is 2.04 bits per heavy atom. The van der Waals surface area contributed by atoms with E-state index in [1.54, 1.807) is 18.2 Å². The second-order valence-corrected chi connectivity index (χ2v) is 6.33. The van der Waals surface area contributed by atoms with E-state index in [-0.39, 0.29) is 12.1 Å². The summed E-state index contributed by atoms with van der Waals surface area (Å²) in [5.41, 5.74) is 1.53. The highest BCUT2D eigenvalue weighted by Gasteiger charge is 2.10. The molecule has 0 amide bonds. The molecule has 0 spiro atoms. The molecule has 0 aliphatic rings. The average Bonchev–Trinajstić information content (AvgIpc) is 3.20. The highest BCUT2D eigenvalue weighted by molar-refractivity contribution is 7.16. The van der Waals surface area contributed by atoms with E-state index >= 15 is 0 Å². The van der Waals surface area contributed by atoms with Crippen molar-refractivity contribution < 1.29 is 4.52 Å². The molecule has 4 rings (SSSR count). The molecule has 0 N–H and O–H groups in total. The van der Waals surface area contributed by atoms with Crippen LogP contribution < -0.4 is 5.56 Å². The number of hydrogen-bond acceptors (Lipinski definition) is 5. The minimum Gasteiger partial charge on any atom is -0.359 e. The number of thiophene rings is 1. The molecule has 3 heterocycles. The predicted octanol–water partition coefficient (Wildman–Crippen LogP) is 3.81. The summed E-state index contributed by atoms with van der Waals surface area (Å²) >= 11 is 7.33. The maximum Gasteiger partial charge on any atom is 0.262 e. The summed E-state index contributed by atoms with van der Waals surface area (Å²) in [6.07, 6.45) is 1.53. The smallest absolute Gasteiger partial charge is 0.262 e. The highest BCUT2D eigenvalue weighted by Crippen LogP contribution is 2.21. The molecule has 0 radical (unpaired) electrons. The lowest BCUT2D eigenvalue weighted by Crippen LogP contribution is -2.20. The van der Waals surface area contributed by atoms with E-state index in [4.69, 9.17) is 16.1 Å². The van der Waals surface area contributed by atoms with Crippen LogP contribution in [-0.2, 0) is 6.54 Å². The Labute approximate surface area is 139 Å². The summed E-state index contributed by atoms with van der Waals surface area (Å²) < 4.78 is 6.85. The molecule has 23 heavy (non-hydrogen) atoms. The Morgan fingerprint density at radius 3 is 2.87 bits per heavy atom. The van der Waals surface area contributed by atoms with Crippen molar-refractivity contribution in [1.82, 2.24) is 14.7 Å². The third-order valence-electron chi connectivity index (χ3n) is 3.48. The Bertz CT molecular complexity index is 1030. The van der Waals surface area contributed by atoms with Gasteiger partial charge in [-0.2, -0.15) is 0 Å². The third kappa shape index (κ3) is 2.67. The van der Waals surface area contributed by atoms with Crippen molar-refractivity contribution in [2.75, 3.05) is 0 Å². The number of fused-ring (bicyclic) bond motifs is 1. The summed E-state index contributed by atoms with van der Waals surface area (Å²) in [4.78, 5) is 17.4. The van der Waals surface area contributed by atoms with Gasteiger partial charge in [-0.1, -0.05) is 28.9 Å². The fraction of sp³-hybridized carbons (Fsp3) is 0.0625. The van der Waals surface area contributed by atoms with Gasteiger partial charge in [0.05, 0.1) is 18.3 Å². The van der Waals surface area contributed by atoms with Crippen molar-refractivity contribution in [2.24, 2.45) is 0 Å². The number of rotatable bonds is 3. The second-order valence-electron chi connectivity index (χ2n) is 5.00. The molecule has 0 saturated heterocycles. The van der Waals surface area contributed by atoms with Gasteiger partial charge >= 0.3 is 0 Å². The molecule has 0 fully saturated rings. The van der Waals surface area contributed by atoms with Crippen LogP contribution in [0.25, 0.3) is 21.5 Å². The fourth-order valence-electron chi connectivity index (χ4n) is 2.32. The molecular weight excluding hydrogens is 334 g/mol. The van der Waals surface area contributed by atoms with Gasteiger partial charge in [0.15, 0.2) is 5.76 Å². The van der Waals surface area contributed by atoms with E-state index in [0.29, 0.717) is 21.9 Å². The molecule has 114 valence electrons. The van der Waals surface area contributed by atoms with Gasteiger partial charge in [-0.3, -0.25) is 9.36 Å². The van der Waals surface area contributed by atoms with E-state index < -0.39 is 0 Å². The topological polar surface area (TPSA) is 60.9 Å². The van der Waals surface area contributed by atoms with Crippen molar-refractivity contribution in [3.63, 3.8) is 0 Å². The first kappa shape index (κ1) is 14.2. The quantitative estimate of drug-likeness (QED) is 0.567. The first-order chi connectivity index (χ1) is 11.2. The van der Waals surface area contributed by atoms with Crippen molar-refractivity contribution >= 4 is 33.2 Å². The Hall–Kier alpha value is -2.44. The molecule has 5 nitrogen and oxygen atoms in total. The van der Waals surface area contributed by atoms with E-state index in [9.17, 15) is 4.79 Å². The third-order valence-corrected chi connectivity index (χ3v) is 4.55. The molecule has 0 bridgehead atoms. The fourth-order valence-corrected chi connectivity index (χ4v) is 3.17. The van der Waals surface area contributed by atoms with E-state index in [1.807, 2.05) is 23.6 Å². The molecule has 7 heteroatoms. The SMILES string of the molecule is O=c1c2ccsc2ncn1Cc1cc(-c2ccc(Cl)cc2)no1. The van der Waals surface area contributed by atoms with E-state index in [0.717, 1.165) is 10.4 Å². The summed E-state index contributed by atoms with van der Waals surface area (Å²) in [5.74, 6) is 0.591. The highest BCUT2D eigenvalue weighted by atomic mass is 35.5. The monoisotopic (exact) mass is 343 g/mol. The molecule has 0 saturated carbocycles. The summed E-state index contributed by atoms with van der Waals surface area (Å²) in [6, 6.07) is 10.9. The van der Waals surface area contributed by atoms with Crippen LogP contribution in [0.15, 0.2) is 57.4 Å². The lowest BCUT2D eigenvalue weighted by molar-refractivity contribution is 0.376. The van der Waals surface area contributed by atoms with Crippen molar-refractivity contribution in [1.29, 1.82) is 0 Å². The van der Waals surface area contributed by atoms with Gasteiger partial charge in [0, 0.05) is 16.7 Å². The van der Waals surface area contributed by atoms with Gasteiger partial charge < -0.3 is 4.52 Å². The van der Waals surface area contributed by atoms with Gasteiger partial charge in [-0.25, -0.2) is 4.98 Å². The normalized spacial score (nSPS) is 11.2. The van der Waals surface area contributed by atoms with Gasteiger partial charge in [-0.05, 0) is 23.6 Å². The van der Waals surface area contributed by atoms with Crippen LogP contribution in [0.4, 0.5) is 0 Å². The zero-order valence-corrected chi connectivity index (χ0v) is 13.3. The molecule has 0 unspecified atom stereocenters. The Kier molecular flexibility index (Phi) is 3.48. The second kappa shape index (κ2) is 5.64. The minimum atomic E-state index is -0.0827. The van der Waals surface area contributed by atoms with Gasteiger partial charge in [-0.15, -0.1) is 11.3 Å². The average molecular weight is 344 g/mol. The lowest BCUT2D eigenvalue weighted by atomic mass is 10.1. The van der Waals surface area contributed by atoms with Gasteiger partial charge in [0.25, 0.3) is 5.56 Å². The van der Waals surface area contributed by atoms with Crippen molar-refractivity contribution in [3.8, 4) is 11.3 Å². The van der Waals surface area contributed by atoms with Gasteiger partial charge in [0.1, 0.15) is 10.5 Å². The predicted molar refractivity (Wildman–Crippen MR) is 89.9 cm³/mol. The molecule has 0 aliphatic carbocycles. The van der Waals surface area contributed by atoms with Crippen LogP contribution in [-0.4, -0.2) is 14.7 Å². The lowest BCUT2D eigenvalue weighted by Gasteiger charge is -2.01. The summed E-state index contributed by atoms with van der Waals surface area (Å²) in [6.45, 7) is 0.290. The standard InChI is InChI=1S/C16H10ClN3O2S/c17-11-3-1-10(2-4-11)14-7-12(22-19-14)8-20-9-18-15-13(16(20)21)5-6-23-15/h1-7,9H,8H2. The zero-order chi connectivity index (χ0) is 15.8. The largest absolute Gasteiger partial charge is 0.359 e. The first-order valence-corrected chi connectivity index (χ1v) is 8.10. The number of aromatic nitrogens is 3. The molecule has 3 aromatic heterocycles. The van der Waals surface area contributed by atoms with Crippen LogP contribution in [0, 0.1) is 0 Å². The molecule has 4 aromatic rings. The number of benzene rings is 1. The summed E-state index contributed by atoms with van der Waals surface area (Å²) in [7, 11) is 0. The Balaban J connectivity index is 1.65. The van der Waals surface area contributed by atoms with Crippen molar-refractivity contribution in [2.45, 2.75) is 6.54 Å². The van der Waals surface area contributed by atoms with E-state index in [1.165, 1.54) is 22.2 Å². The van der Waals surface area contributed by atoms with Crippen molar-refractivity contribution in [3.05, 3.63) is 69.2 Å². The molecule has 1 aromatic carbocycles. The maximum absolute atomic E-state index is 12.4. The van der Waals surface area contributed by atoms with Crippen LogP contribution in [0.3, 0.4) is 0 Å². The molecule has 0 aliphatic heterocycles. The number of nitrogens with zero attached hydrogens (tertiary/aromatic N) is 3. The van der Waals surface area contributed by atoms with Crippen LogP contribution in [0.5, 0.6) is 0 Å². The Morgan fingerprint density at radius 1 is 1.22 bits per heavy atom. The van der Waals surface area contributed by atoms with Crippen LogP contribution in [0.1, 0.15) is 5.76 Å². The number of hydrogen-bond donors (Lipinski definition) is 0. The minimum absolute atomic E-state index is 0.0827. The molecular formula is C16H10ClN3O2S. The van der Waals surface area contributed by atoms with Gasteiger partial charge in [0.2, 0.25) is 0 Å². The van der Waals surface area contributed by atoms with Crippen LogP contribution in [0.2, 0.25) is 5.02 Å². The van der Waals surface area contributed by atoms with E-state index in [2.05, 4.69) is 10.1 Å². The maximum atomic E-state index is 12.4.